The van der Waals surface area contributed by atoms with Crippen LogP contribution >= 0.6 is 15.9 Å². The Hall–Kier alpha value is -0.900. The molecule has 12 heavy (non-hydrogen) atoms. The quantitative estimate of drug-likeness (QED) is 0.809. The van der Waals surface area contributed by atoms with Crippen LogP contribution in [0.2, 0.25) is 0 Å². The number of pyridine rings is 1. The number of aromatic carboxylic acids is 1. The summed E-state index contributed by atoms with van der Waals surface area (Å²) in [5.74, 6) is -0.972. The Morgan fingerprint density at radius 2 is 2.17 bits per heavy atom. The van der Waals surface area contributed by atoms with E-state index in [0.717, 1.165) is 0 Å². The maximum atomic E-state index is 10.4. The van der Waals surface area contributed by atoms with E-state index in [2.05, 4.69) is 20.9 Å². The SMILES string of the molecule is CC.O=C(O)c1cnccc1Br. The molecule has 0 amide bonds. The van der Waals surface area contributed by atoms with Crippen molar-refractivity contribution < 1.29 is 9.90 Å². The van der Waals surface area contributed by atoms with Crippen LogP contribution in [0, 0.1) is 0 Å². The highest BCUT2D eigenvalue weighted by Gasteiger charge is 2.05. The summed E-state index contributed by atoms with van der Waals surface area (Å²) in [6.45, 7) is 4.00. The Morgan fingerprint density at radius 1 is 1.58 bits per heavy atom. The summed E-state index contributed by atoms with van der Waals surface area (Å²) in [5.41, 5.74) is 0.183. The molecule has 0 unspecified atom stereocenters. The molecule has 1 aromatic rings. The van der Waals surface area contributed by atoms with Gasteiger partial charge in [0.25, 0.3) is 0 Å². The molecule has 0 aliphatic rings. The smallest absolute Gasteiger partial charge is 0.338 e. The van der Waals surface area contributed by atoms with Gasteiger partial charge in [0.2, 0.25) is 0 Å². The van der Waals surface area contributed by atoms with Crippen molar-refractivity contribution in [1.82, 2.24) is 4.98 Å². The molecule has 0 atom stereocenters. The first kappa shape index (κ1) is 11.1. The molecule has 1 N–H and O–H groups in total. The van der Waals surface area contributed by atoms with Gasteiger partial charge in [0.1, 0.15) is 0 Å². The van der Waals surface area contributed by atoms with Crippen LogP contribution in [0.1, 0.15) is 24.2 Å². The Labute approximate surface area is 79.6 Å². The Balaban J connectivity index is 0.000000561. The predicted molar refractivity (Wildman–Crippen MR) is 50.2 cm³/mol. The zero-order valence-electron chi connectivity index (χ0n) is 6.91. The highest BCUT2D eigenvalue weighted by molar-refractivity contribution is 9.10. The summed E-state index contributed by atoms with van der Waals surface area (Å²) >= 11 is 3.08. The number of aromatic nitrogens is 1. The van der Waals surface area contributed by atoms with Crippen LogP contribution in [0.25, 0.3) is 0 Å². The van der Waals surface area contributed by atoms with Crippen molar-refractivity contribution in [2.75, 3.05) is 0 Å². The lowest BCUT2D eigenvalue weighted by Gasteiger charge is -1.93. The molecule has 0 saturated heterocycles. The number of nitrogens with zero attached hydrogens (tertiary/aromatic N) is 1. The first-order valence-electron chi connectivity index (χ1n) is 3.54. The summed E-state index contributed by atoms with van der Waals surface area (Å²) in [6.07, 6.45) is 2.82. The fourth-order valence-electron chi connectivity index (χ4n) is 0.535. The third kappa shape index (κ3) is 3.00. The average molecular weight is 232 g/mol. The second kappa shape index (κ2) is 5.71. The predicted octanol–water partition coefficient (Wildman–Crippen LogP) is 2.57. The number of carboxylic acids is 1. The van der Waals surface area contributed by atoms with Gasteiger partial charge in [0, 0.05) is 16.9 Å². The molecular weight excluding hydrogens is 222 g/mol. The van der Waals surface area contributed by atoms with E-state index in [1.807, 2.05) is 13.8 Å². The highest BCUT2D eigenvalue weighted by atomic mass is 79.9. The minimum atomic E-state index is -0.972. The molecule has 0 aliphatic heterocycles. The van der Waals surface area contributed by atoms with Crippen molar-refractivity contribution in [3.8, 4) is 0 Å². The van der Waals surface area contributed by atoms with Gasteiger partial charge in [0.05, 0.1) is 5.56 Å². The summed E-state index contributed by atoms with van der Waals surface area (Å²) in [7, 11) is 0. The van der Waals surface area contributed by atoms with Gasteiger partial charge in [-0.1, -0.05) is 13.8 Å². The zero-order valence-corrected chi connectivity index (χ0v) is 8.50. The second-order valence-electron chi connectivity index (χ2n) is 1.66. The summed E-state index contributed by atoms with van der Waals surface area (Å²) < 4.78 is 0.551. The molecule has 0 aromatic carbocycles. The first-order valence-corrected chi connectivity index (χ1v) is 4.34. The molecule has 1 aromatic heterocycles. The lowest BCUT2D eigenvalue weighted by molar-refractivity contribution is 0.0695. The van der Waals surface area contributed by atoms with Crippen molar-refractivity contribution in [1.29, 1.82) is 0 Å². The molecule has 0 bridgehead atoms. The van der Waals surface area contributed by atoms with Crippen LogP contribution in [0.5, 0.6) is 0 Å². The monoisotopic (exact) mass is 231 g/mol. The maximum absolute atomic E-state index is 10.4. The lowest BCUT2D eigenvalue weighted by atomic mass is 10.3. The van der Waals surface area contributed by atoms with E-state index in [0.29, 0.717) is 4.47 Å². The largest absolute Gasteiger partial charge is 0.478 e. The van der Waals surface area contributed by atoms with Crippen molar-refractivity contribution in [2.24, 2.45) is 0 Å². The molecule has 0 spiro atoms. The number of rotatable bonds is 1. The Bertz CT molecular complexity index is 263. The molecule has 0 radical (unpaired) electrons. The number of halogens is 1. The van der Waals surface area contributed by atoms with Gasteiger partial charge in [-0.05, 0) is 22.0 Å². The lowest BCUT2D eigenvalue weighted by Crippen LogP contribution is -1.97. The molecule has 4 heteroatoms. The van der Waals surface area contributed by atoms with E-state index < -0.39 is 5.97 Å². The maximum Gasteiger partial charge on any atom is 0.338 e. The molecule has 0 saturated carbocycles. The van der Waals surface area contributed by atoms with E-state index in [9.17, 15) is 4.79 Å². The molecular formula is C8H10BrNO2. The topological polar surface area (TPSA) is 50.2 Å². The molecule has 66 valence electrons. The minimum absolute atomic E-state index is 0.183. The Kier molecular flexibility index (Phi) is 5.28. The standard InChI is InChI=1S/C6H4BrNO2.C2H6/c7-5-1-2-8-3-4(5)6(9)10;1-2/h1-3H,(H,9,10);1-2H3. The number of hydrogen-bond acceptors (Lipinski definition) is 2. The normalized spacial score (nSPS) is 8.25. The van der Waals surface area contributed by atoms with Crippen LogP contribution < -0.4 is 0 Å². The fraction of sp³-hybridized carbons (Fsp3) is 0.250. The van der Waals surface area contributed by atoms with Gasteiger partial charge in [-0.3, -0.25) is 4.98 Å². The average Bonchev–Trinajstić information content (AvgIpc) is 2.08. The van der Waals surface area contributed by atoms with Crippen LogP contribution in [0.3, 0.4) is 0 Å². The minimum Gasteiger partial charge on any atom is -0.478 e. The van der Waals surface area contributed by atoms with E-state index >= 15 is 0 Å². The fourth-order valence-corrected chi connectivity index (χ4v) is 0.925. The third-order valence-corrected chi connectivity index (χ3v) is 1.69. The molecule has 3 nitrogen and oxygen atoms in total. The third-order valence-electron chi connectivity index (χ3n) is 0.998. The summed E-state index contributed by atoms with van der Waals surface area (Å²) in [6, 6.07) is 1.59. The summed E-state index contributed by atoms with van der Waals surface area (Å²) in [5, 5.41) is 8.50. The van der Waals surface area contributed by atoms with Crippen LogP contribution in [-0.2, 0) is 0 Å². The van der Waals surface area contributed by atoms with Crippen LogP contribution in [0.4, 0.5) is 0 Å². The van der Waals surface area contributed by atoms with E-state index in [-0.39, 0.29) is 5.56 Å². The second-order valence-corrected chi connectivity index (χ2v) is 2.52. The van der Waals surface area contributed by atoms with E-state index in [1.54, 1.807) is 6.07 Å². The van der Waals surface area contributed by atoms with E-state index in [1.165, 1.54) is 12.4 Å². The van der Waals surface area contributed by atoms with Crippen molar-refractivity contribution in [3.63, 3.8) is 0 Å². The van der Waals surface area contributed by atoms with Gasteiger partial charge < -0.3 is 5.11 Å². The van der Waals surface area contributed by atoms with Crippen molar-refractivity contribution in [2.45, 2.75) is 13.8 Å². The molecule has 1 rings (SSSR count). The van der Waals surface area contributed by atoms with Crippen LogP contribution in [-0.4, -0.2) is 16.1 Å². The number of carboxylic acid groups (broad SMARTS) is 1. The van der Waals surface area contributed by atoms with Gasteiger partial charge in [-0.15, -0.1) is 0 Å². The zero-order chi connectivity index (χ0) is 9.56. The van der Waals surface area contributed by atoms with Crippen molar-refractivity contribution in [3.05, 3.63) is 28.5 Å². The Morgan fingerprint density at radius 3 is 2.50 bits per heavy atom. The summed E-state index contributed by atoms with van der Waals surface area (Å²) in [4.78, 5) is 14.0. The highest BCUT2D eigenvalue weighted by Crippen LogP contribution is 2.13. The molecule has 1 heterocycles. The van der Waals surface area contributed by atoms with Crippen molar-refractivity contribution >= 4 is 21.9 Å². The van der Waals surface area contributed by atoms with Gasteiger partial charge in [-0.25, -0.2) is 4.79 Å². The number of hydrogen-bond donors (Lipinski definition) is 1. The van der Waals surface area contributed by atoms with Gasteiger partial charge >= 0.3 is 5.97 Å². The molecule has 0 fully saturated rings. The van der Waals surface area contributed by atoms with E-state index in [4.69, 9.17) is 5.11 Å². The van der Waals surface area contributed by atoms with Gasteiger partial charge in [0.15, 0.2) is 0 Å². The van der Waals surface area contributed by atoms with Crippen LogP contribution in [0.15, 0.2) is 22.9 Å². The number of carbonyl (C=O) groups is 1. The molecule has 0 aliphatic carbocycles. The van der Waals surface area contributed by atoms with Gasteiger partial charge in [-0.2, -0.15) is 0 Å². The first-order chi connectivity index (χ1) is 5.72.